The summed E-state index contributed by atoms with van der Waals surface area (Å²) >= 11 is 0. The van der Waals surface area contributed by atoms with Gasteiger partial charge in [-0.3, -0.25) is 4.79 Å². The zero-order valence-corrected chi connectivity index (χ0v) is 14.9. The third kappa shape index (κ3) is 4.03. The number of benzene rings is 1. The molecule has 2 heterocycles. The molecule has 0 bridgehead atoms. The molecule has 0 atom stereocenters. The van der Waals surface area contributed by atoms with E-state index in [4.69, 9.17) is 4.74 Å². The summed E-state index contributed by atoms with van der Waals surface area (Å²) in [6.07, 6.45) is -3.26. The van der Waals surface area contributed by atoms with Crippen LogP contribution < -0.4 is 4.74 Å². The van der Waals surface area contributed by atoms with Crippen LogP contribution in [0.1, 0.15) is 5.69 Å². The number of nitrogens with zero attached hydrogens (tertiary/aromatic N) is 3. The van der Waals surface area contributed by atoms with E-state index in [-0.39, 0.29) is 23.9 Å². The summed E-state index contributed by atoms with van der Waals surface area (Å²) in [5.41, 5.74) is -0.130. The highest BCUT2D eigenvalue weighted by molar-refractivity contribution is 5.92. The summed E-state index contributed by atoms with van der Waals surface area (Å²) in [6.45, 7) is -0.346. The average Bonchev–Trinajstić information content (AvgIpc) is 2.65. The van der Waals surface area contributed by atoms with Gasteiger partial charge in [0.05, 0.1) is 0 Å². The van der Waals surface area contributed by atoms with Crippen molar-refractivity contribution < 1.29 is 27.1 Å². The van der Waals surface area contributed by atoms with Gasteiger partial charge >= 0.3 is 6.18 Å². The minimum absolute atomic E-state index is 0.0816. The molecule has 0 spiro atoms. The van der Waals surface area contributed by atoms with E-state index in [1.807, 2.05) is 0 Å². The zero-order valence-electron chi connectivity index (χ0n) is 14.9. The number of carbonyl (C=O) groups is 1. The summed E-state index contributed by atoms with van der Waals surface area (Å²) in [6, 6.07) is 7.72. The Morgan fingerprint density at radius 2 is 1.89 bits per heavy atom. The average molecular weight is 393 g/mol. The Morgan fingerprint density at radius 1 is 1.14 bits per heavy atom. The monoisotopic (exact) mass is 393 g/mol. The highest BCUT2D eigenvalue weighted by Crippen LogP contribution is 2.33. The maximum absolute atomic E-state index is 14.0. The van der Waals surface area contributed by atoms with Gasteiger partial charge in [0, 0.05) is 25.7 Å². The third-order valence-electron chi connectivity index (χ3n) is 3.99. The van der Waals surface area contributed by atoms with Gasteiger partial charge in [0.25, 0.3) is 5.91 Å². The Hall–Kier alpha value is -3.23. The molecule has 3 aromatic rings. The van der Waals surface area contributed by atoms with Gasteiger partial charge in [0.1, 0.15) is 5.69 Å². The number of likely N-dealkylation sites (N-methyl/N-ethyl adjacent to an activating group) is 1. The number of hydrogen-bond donors (Lipinski definition) is 0. The Bertz CT molecular complexity index is 1040. The fourth-order valence-electron chi connectivity index (χ4n) is 2.49. The van der Waals surface area contributed by atoms with Gasteiger partial charge in [-0.15, -0.1) is 0 Å². The van der Waals surface area contributed by atoms with Crippen molar-refractivity contribution in [3.05, 3.63) is 54.1 Å². The summed E-state index contributed by atoms with van der Waals surface area (Å²) in [7, 11) is 3.09. The minimum Gasteiger partial charge on any atom is -0.481 e. The molecule has 0 saturated carbocycles. The van der Waals surface area contributed by atoms with Gasteiger partial charge in [-0.25, -0.2) is 14.4 Å². The van der Waals surface area contributed by atoms with Crippen LogP contribution in [0.4, 0.5) is 17.6 Å². The number of fused-ring (bicyclic) bond motifs is 1. The molecule has 1 amide bonds. The van der Waals surface area contributed by atoms with Crippen molar-refractivity contribution in [3.8, 4) is 16.9 Å². The second kappa shape index (κ2) is 7.41. The van der Waals surface area contributed by atoms with Crippen LogP contribution in [0.2, 0.25) is 0 Å². The number of pyridine rings is 2. The number of halogens is 4. The highest BCUT2D eigenvalue weighted by Gasteiger charge is 2.32. The van der Waals surface area contributed by atoms with E-state index in [1.165, 1.54) is 29.3 Å². The molecule has 2 aromatic heterocycles. The molecular formula is C19H15F4N3O2. The van der Waals surface area contributed by atoms with Crippen LogP contribution in [0.5, 0.6) is 5.75 Å². The topological polar surface area (TPSA) is 55.3 Å². The lowest BCUT2D eigenvalue weighted by Gasteiger charge is -2.13. The van der Waals surface area contributed by atoms with Crippen molar-refractivity contribution in [2.45, 2.75) is 6.18 Å². The summed E-state index contributed by atoms with van der Waals surface area (Å²) in [5.74, 6) is -1.15. The van der Waals surface area contributed by atoms with Crippen LogP contribution >= 0.6 is 0 Å². The number of carbonyl (C=O) groups excluding carboxylic acids is 1. The summed E-state index contributed by atoms with van der Waals surface area (Å²) in [5, 5.41) is 0.373. The normalized spacial score (nSPS) is 11.5. The molecule has 0 aliphatic rings. The number of hydrogen-bond acceptors (Lipinski definition) is 4. The lowest BCUT2D eigenvalue weighted by Crippen LogP contribution is -2.27. The van der Waals surface area contributed by atoms with Crippen LogP contribution in [-0.2, 0) is 11.0 Å². The van der Waals surface area contributed by atoms with Gasteiger partial charge < -0.3 is 9.64 Å². The van der Waals surface area contributed by atoms with E-state index in [1.54, 1.807) is 20.2 Å². The summed E-state index contributed by atoms with van der Waals surface area (Å²) in [4.78, 5) is 20.4. The quantitative estimate of drug-likeness (QED) is 0.631. The second-order valence-electron chi connectivity index (χ2n) is 6.15. The number of amides is 1. The molecule has 0 radical (unpaired) electrons. The van der Waals surface area contributed by atoms with Gasteiger partial charge in [-0.1, -0.05) is 6.07 Å². The van der Waals surface area contributed by atoms with Crippen molar-refractivity contribution in [3.63, 3.8) is 0 Å². The molecule has 0 N–H and O–H groups in total. The molecule has 5 nitrogen and oxygen atoms in total. The predicted molar refractivity (Wildman–Crippen MR) is 94.1 cm³/mol. The maximum atomic E-state index is 14.0. The van der Waals surface area contributed by atoms with E-state index in [0.29, 0.717) is 16.5 Å². The SMILES string of the molecule is CN(C)C(=O)COc1cc(-c2ccnc3nc(C(F)(F)F)ccc23)ccc1F. The van der Waals surface area contributed by atoms with Crippen LogP contribution in [0, 0.1) is 5.82 Å². The molecule has 0 saturated heterocycles. The summed E-state index contributed by atoms with van der Waals surface area (Å²) < 4.78 is 57.9. The highest BCUT2D eigenvalue weighted by atomic mass is 19.4. The van der Waals surface area contributed by atoms with E-state index in [0.717, 1.165) is 12.1 Å². The van der Waals surface area contributed by atoms with E-state index in [2.05, 4.69) is 9.97 Å². The van der Waals surface area contributed by atoms with Gasteiger partial charge in [0.2, 0.25) is 0 Å². The maximum Gasteiger partial charge on any atom is 0.433 e. The number of alkyl halides is 3. The van der Waals surface area contributed by atoms with Crippen molar-refractivity contribution in [1.82, 2.24) is 14.9 Å². The lowest BCUT2D eigenvalue weighted by molar-refractivity contribution is -0.141. The predicted octanol–water partition coefficient (Wildman–Crippen LogP) is 3.92. The fourth-order valence-corrected chi connectivity index (χ4v) is 2.49. The minimum atomic E-state index is -4.58. The first kappa shape index (κ1) is 19.5. The van der Waals surface area contributed by atoms with Crippen LogP contribution in [0.25, 0.3) is 22.2 Å². The van der Waals surface area contributed by atoms with E-state index >= 15 is 0 Å². The molecular weight excluding hydrogens is 378 g/mol. The smallest absolute Gasteiger partial charge is 0.433 e. The van der Waals surface area contributed by atoms with Gasteiger partial charge in [-0.05, 0) is 41.5 Å². The molecule has 0 aliphatic heterocycles. The molecule has 28 heavy (non-hydrogen) atoms. The molecule has 146 valence electrons. The van der Waals surface area contributed by atoms with Crippen molar-refractivity contribution >= 4 is 16.9 Å². The standard InChI is InChI=1S/C19H15F4N3O2/c1-26(2)17(27)10-28-15-9-11(3-5-14(15)20)12-7-8-24-18-13(12)4-6-16(25-18)19(21,22)23/h3-9H,10H2,1-2H3. The van der Waals surface area contributed by atoms with Crippen LogP contribution in [-0.4, -0.2) is 41.5 Å². The van der Waals surface area contributed by atoms with Crippen LogP contribution in [0.3, 0.4) is 0 Å². The molecule has 0 unspecified atom stereocenters. The largest absolute Gasteiger partial charge is 0.481 e. The van der Waals surface area contributed by atoms with Crippen molar-refractivity contribution in [2.75, 3.05) is 20.7 Å². The number of aromatic nitrogens is 2. The molecule has 3 rings (SSSR count). The first-order valence-electron chi connectivity index (χ1n) is 8.12. The lowest BCUT2D eigenvalue weighted by atomic mass is 10.0. The van der Waals surface area contributed by atoms with E-state index in [9.17, 15) is 22.4 Å². The van der Waals surface area contributed by atoms with Crippen LogP contribution in [0.15, 0.2) is 42.6 Å². The fraction of sp³-hybridized carbons (Fsp3) is 0.211. The zero-order chi connectivity index (χ0) is 20.5. The van der Waals surface area contributed by atoms with Crippen molar-refractivity contribution in [1.29, 1.82) is 0 Å². The van der Waals surface area contributed by atoms with E-state index < -0.39 is 17.7 Å². The van der Waals surface area contributed by atoms with Gasteiger partial charge in [-0.2, -0.15) is 13.2 Å². The Kier molecular flexibility index (Phi) is 5.17. The first-order chi connectivity index (χ1) is 13.2. The number of ether oxygens (including phenoxy) is 1. The van der Waals surface area contributed by atoms with Gasteiger partial charge in [0.15, 0.2) is 23.8 Å². The molecule has 0 aliphatic carbocycles. The Labute approximate surface area is 157 Å². The Morgan fingerprint density at radius 3 is 2.57 bits per heavy atom. The molecule has 0 fully saturated rings. The second-order valence-corrected chi connectivity index (χ2v) is 6.15. The van der Waals surface area contributed by atoms with Crippen molar-refractivity contribution in [2.24, 2.45) is 0 Å². The molecule has 9 heteroatoms. The third-order valence-corrected chi connectivity index (χ3v) is 3.99. The first-order valence-corrected chi connectivity index (χ1v) is 8.12. The molecule has 1 aromatic carbocycles. The Balaban J connectivity index is 2.00. The number of rotatable bonds is 4.